The third-order valence-corrected chi connectivity index (χ3v) is 4.64. The molecule has 19 heavy (non-hydrogen) atoms. The summed E-state index contributed by atoms with van der Waals surface area (Å²) in [6.45, 7) is 5.77. The largest absolute Gasteiger partial charge is 0.377 e. The molecule has 0 bridgehead atoms. The molecule has 2 atom stereocenters. The summed E-state index contributed by atoms with van der Waals surface area (Å²) < 4.78 is 5.61. The Bertz CT molecular complexity index is 572. The van der Waals surface area contributed by atoms with E-state index in [0.29, 0.717) is 11.2 Å². The fourth-order valence-electron chi connectivity index (χ4n) is 2.15. The first-order chi connectivity index (χ1) is 9.28. The number of ether oxygens (including phenoxy) is 1. The highest BCUT2D eigenvalue weighted by atomic mass is 32.2. The van der Waals surface area contributed by atoms with E-state index in [4.69, 9.17) is 4.74 Å². The second-order valence-electron chi connectivity index (χ2n) is 4.54. The number of hydrogen-bond donors (Lipinski definition) is 2. The van der Waals surface area contributed by atoms with E-state index in [9.17, 15) is 0 Å². The van der Waals surface area contributed by atoms with Crippen molar-refractivity contribution in [3.63, 3.8) is 0 Å². The van der Waals surface area contributed by atoms with E-state index >= 15 is 0 Å². The van der Waals surface area contributed by atoms with Gasteiger partial charge >= 0.3 is 0 Å². The van der Waals surface area contributed by atoms with E-state index in [1.54, 1.807) is 18.0 Å². The van der Waals surface area contributed by atoms with Gasteiger partial charge in [-0.3, -0.25) is 5.10 Å². The van der Waals surface area contributed by atoms with Gasteiger partial charge in [0.1, 0.15) is 5.03 Å². The monoisotopic (exact) mass is 279 g/mol. The van der Waals surface area contributed by atoms with Crippen LogP contribution in [0, 0.1) is 0 Å². The molecule has 0 radical (unpaired) electrons. The molecular weight excluding hydrogens is 262 g/mol. The van der Waals surface area contributed by atoms with Crippen molar-refractivity contribution in [2.75, 3.05) is 18.5 Å². The van der Waals surface area contributed by atoms with Crippen molar-refractivity contribution in [2.45, 2.75) is 36.6 Å². The Morgan fingerprint density at radius 1 is 1.53 bits per heavy atom. The number of fused-ring (bicyclic) bond motifs is 1. The van der Waals surface area contributed by atoms with Crippen LogP contribution < -0.4 is 5.32 Å². The average Bonchev–Trinajstić information content (AvgIpc) is 3.00. The van der Waals surface area contributed by atoms with Gasteiger partial charge in [0.15, 0.2) is 5.65 Å². The van der Waals surface area contributed by atoms with Crippen molar-refractivity contribution < 1.29 is 4.74 Å². The van der Waals surface area contributed by atoms with Crippen LogP contribution in [0.25, 0.3) is 11.0 Å². The Morgan fingerprint density at radius 3 is 3.16 bits per heavy atom. The van der Waals surface area contributed by atoms with Crippen LogP contribution in [0.3, 0.4) is 0 Å². The minimum atomic E-state index is 0.268. The molecule has 0 saturated carbocycles. The Kier molecular flexibility index (Phi) is 3.56. The fourth-order valence-corrected chi connectivity index (χ4v) is 3.33. The molecule has 7 heteroatoms. The Labute approximate surface area is 115 Å². The summed E-state index contributed by atoms with van der Waals surface area (Å²) in [6, 6.07) is 0. The molecule has 2 aromatic heterocycles. The number of H-pyrrole nitrogens is 1. The Balaban J connectivity index is 1.93. The van der Waals surface area contributed by atoms with Crippen LogP contribution >= 0.6 is 11.8 Å². The van der Waals surface area contributed by atoms with Gasteiger partial charge in [-0.15, -0.1) is 0 Å². The highest BCUT2D eigenvalue weighted by molar-refractivity contribution is 8.00. The van der Waals surface area contributed by atoms with Gasteiger partial charge in [-0.25, -0.2) is 4.98 Å². The highest BCUT2D eigenvalue weighted by Gasteiger charge is 2.26. The van der Waals surface area contributed by atoms with Gasteiger partial charge in [0.25, 0.3) is 0 Å². The molecule has 3 heterocycles. The van der Waals surface area contributed by atoms with E-state index < -0.39 is 0 Å². The Hall–Kier alpha value is -1.34. The number of nitrogens with one attached hydrogen (secondary N) is 2. The minimum Gasteiger partial charge on any atom is -0.377 e. The normalized spacial score (nSPS) is 23.1. The maximum Gasteiger partial charge on any atom is 0.225 e. The van der Waals surface area contributed by atoms with Crippen LogP contribution in [0.15, 0.2) is 11.2 Å². The summed E-state index contributed by atoms with van der Waals surface area (Å²) in [5.74, 6) is 0.647. The molecule has 102 valence electrons. The Morgan fingerprint density at radius 2 is 2.42 bits per heavy atom. The first-order valence-electron chi connectivity index (χ1n) is 6.51. The minimum absolute atomic E-state index is 0.268. The maximum absolute atomic E-state index is 5.61. The molecule has 1 aliphatic rings. The molecule has 6 nitrogen and oxygen atoms in total. The molecule has 0 spiro atoms. The molecule has 2 N–H and O–H groups in total. The average molecular weight is 279 g/mol. The van der Waals surface area contributed by atoms with E-state index in [2.05, 4.69) is 32.4 Å². The van der Waals surface area contributed by atoms with Gasteiger partial charge < -0.3 is 10.1 Å². The number of nitrogens with zero attached hydrogens (tertiary/aromatic N) is 3. The van der Waals surface area contributed by atoms with E-state index in [0.717, 1.165) is 35.6 Å². The first-order valence-corrected chi connectivity index (χ1v) is 7.39. The lowest BCUT2D eigenvalue weighted by Crippen LogP contribution is -2.13. The van der Waals surface area contributed by atoms with Crippen molar-refractivity contribution in [3.8, 4) is 0 Å². The number of hydrogen-bond acceptors (Lipinski definition) is 6. The van der Waals surface area contributed by atoms with Crippen LogP contribution in [0.2, 0.25) is 0 Å². The van der Waals surface area contributed by atoms with Crippen molar-refractivity contribution in [3.05, 3.63) is 6.20 Å². The fraction of sp³-hybridized carbons (Fsp3) is 0.583. The van der Waals surface area contributed by atoms with Crippen molar-refractivity contribution >= 4 is 28.7 Å². The zero-order valence-corrected chi connectivity index (χ0v) is 11.8. The summed E-state index contributed by atoms with van der Waals surface area (Å²) in [5, 5.41) is 12.5. The van der Waals surface area contributed by atoms with E-state index in [1.807, 2.05) is 6.92 Å². The molecule has 1 aliphatic heterocycles. The molecule has 1 saturated heterocycles. The van der Waals surface area contributed by atoms with Gasteiger partial charge in [-0.05, 0) is 20.3 Å². The van der Waals surface area contributed by atoms with Gasteiger partial charge in [-0.2, -0.15) is 10.1 Å². The summed E-state index contributed by atoms with van der Waals surface area (Å²) in [7, 11) is 0. The zero-order chi connectivity index (χ0) is 13.2. The SMILES string of the molecule is CCNc1nc(SC2CCOC2C)c2cn[nH]c2n1. The van der Waals surface area contributed by atoms with Crippen LogP contribution in [0.1, 0.15) is 20.3 Å². The summed E-state index contributed by atoms with van der Waals surface area (Å²) in [5.41, 5.74) is 0.778. The molecule has 0 amide bonds. The maximum atomic E-state index is 5.61. The molecule has 2 aromatic rings. The quantitative estimate of drug-likeness (QED) is 0.834. The number of anilines is 1. The lowest BCUT2D eigenvalue weighted by molar-refractivity contribution is 0.127. The van der Waals surface area contributed by atoms with Crippen LogP contribution in [0.5, 0.6) is 0 Å². The predicted octanol–water partition coefficient (Wildman–Crippen LogP) is 2.05. The van der Waals surface area contributed by atoms with Crippen molar-refractivity contribution in [1.82, 2.24) is 20.2 Å². The summed E-state index contributed by atoms with van der Waals surface area (Å²) >= 11 is 1.76. The lowest BCUT2D eigenvalue weighted by atomic mass is 10.3. The summed E-state index contributed by atoms with van der Waals surface area (Å²) in [4.78, 5) is 8.98. The molecule has 2 unspecified atom stereocenters. The highest BCUT2D eigenvalue weighted by Crippen LogP contribution is 2.34. The molecule has 0 aromatic carbocycles. The van der Waals surface area contributed by atoms with E-state index in [-0.39, 0.29) is 6.10 Å². The molecule has 0 aliphatic carbocycles. The van der Waals surface area contributed by atoms with Crippen LogP contribution in [-0.2, 0) is 4.74 Å². The van der Waals surface area contributed by atoms with Crippen molar-refractivity contribution in [1.29, 1.82) is 0 Å². The van der Waals surface area contributed by atoms with Crippen molar-refractivity contribution in [2.24, 2.45) is 0 Å². The van der Waals surface area contributed by atoms with Gasteiger partial charge in [0, 0.05) is 18.4 Å². The topological polar surface area (TPSA) is 75.7 Å². The molecule has 1 fully saturated rings. The third kappa shape index (κ3) is 2.52. The van der Waals surface area contributed by atoms with Crippen LogP contribution in [-0.4, -0.2) is 44.7 Å². The predicted molar refractivity (Wildman–Crippen MR) is 75.5 cm³/mol. The second kappa shape index (κ2) is 5.34. The molecule has 3 rings (SSSR count). The second-order valence-corrected chi connectivity index (χ2v) is 5.76. The number of aromatic nitrogens is 4. The number of rotatable bonds is 4. The summed E-state index contributed by atoms with van der Waals surface area (Å²) in [6.07, 6.45) is 3.11. The standard InChI is InChI=1S/C12H17N5OS/c1-3-13-12-15-10-8(6-14-17-10)11(16-12)19-9-4-5-18-7(9)2/h6-7,9H,3-5H2,1-2H3,(H2,13,14,15,16,17). The van der Waals surface area contributed by atoms with Gasteiger partial charge in [-0.1, -0.05) is 11.8 Å². The van der Waals surface area contributed by atoms with E-state index in [1.165, 1.54) is 0 Å². The smallest absolute Gasteiger partial charge is 0.225 e. The van der Waals surface area contributed by atoms with Crippen LogP contribution in [0.4, 0.5) is 5.95 Å². The molecular formula is C12H17N5OS. The lowest BCUT2D eigenvalue weighted by Gasteiger charge is -2.13. The zero-order valence-electron chi connectivity index (χ0n) is 11.0. The third-order valence-electron chi connectivity index (χ3n) is 3.18. The number of aromatic amines is 1. The first kappa shape index (κ1) is 12.7. The van der Waals surface area contributed by atoms with Gasteiger partial charge in [0.2, 0.25) is 5.95 Å². The number of thioether (sulfide) groups is 1. The van der Waals surface area contributed by atoms with Gasteiger partial charge in [0.05, 0.1) is 17.7 Å².